The molecule has 128 valence electrons. The Morgan fingerprint density at radius 1 is 1.29 bits per heavy atom. The van der Waals surface area contributed by atoms with Crippen molar-refractivity contribution in [3.8, 4) is 0 Å². The first-order chi connectivity index (χ1) is 11.4. The van der Waals surface area contributed by atoms with Crippen molar-refractivity contribution in [3.63, 3.8) is 0 Å². The van der Waals surface area contributed by atoms with Gasteiger partial charge in [0.05, 0.1) is 11.2 Å². The molecule has 8 heteroatoms. The summed E-state index contributed by atoms with van der Waals surface area (Å²) in [5.41, 5.74) is 1.73. The minimum Gasteiger partial charge on any atom is -0.358 e. The van der Waals surface area contributed by atoms with Crippen molar-refractivity contribution < 1.29 is 18.4 Å². The second-order valence-corrected chi connectivity index (χ2v) is 6.07. The smallest absolute Gasteiger partial charge is 0.313 e. The van der Waals surface area contributed by atoms with E-state index in [1.807, 2.05) is 0 Å². The Kier molecular flexibility index (Phi) is 4.46. The van der Waals surface area contributed by atoms with Crippen molar-refractivity contribution in [1.29, 1.82) is 0 Å². The highest BCUT2D eigenvalue weighted by Crippen LogP contribution is 2.35. The number of alkyl halides is 2. The highest BCUT2D eigenvalue weighted by molar-refractivity contribution is 6.40. The number of amides is 2. The number of carbonyl (C=O) groups excluding carboxylic acids is 2. The van der Waals surface area contributed by atoms with E-state index < -0.39 is 17.7 Å². The van der Waals surface area contributed by atoms with E-state index in [-0.39, 0.29) is 25.3 Å². The fourth-order valence-corrected chi connectivity index (χ4v) is 2.85. The summed E-state index contributed by atoms with van der Waals surface area (Å²) in [6.07, 6.45) is 3.51. The summed E-state index contributed by atoms with van der Waals surface area (Å²) in [5.74, 6) is -4.20. The summed E-state index contributed by atoms with van der Waals surface area (Å²) in [4.78, 5) is 30.9. The fraction of sp³-hybridized carbons (Fsp3) is 0.438. The number of H-pyrrole nitrogens is 1. The van der Waals surface area contributed by atoms with Gasteiger partial charge in [-0.3, -0.25) is 14.6 Å². The summed E-state index contributed by atoms with van der Waals surface area (Å²) < 4.78 is 26.2. The number of nitrogens with one attached hydrogen (secondary N) is 3. The number of hydrogen-bond donors (Lipinski definition) is 3. The Hall–Kier alpha value is -2.51. The van der Waals surface area contributed by atoms with E-state index >= 15 is 0 Å². The number of carbonyl (C=O) groups is 2. The van der Waals surface area contributed by atoms with Gasteiger partial charge in [-0.05, 0) is 30.9 Å². The standard InChI is InChI=1S/C16H18F2N4O2/c17-16(18)5-3-10(4-6-16)8-21-14(23)15(24)22-12-9-20-11-2-1-7-19-13(11)12/h1-2,7,9-10,20H,3-6,8H2,(H,21,23)(H,22,24). The van der Waals surface area contributed by atoms with Gasteiger partial charge in [0.15, 0.2) is 0 Å². The van der Waals surface area contributed by atoms with Crippen LogP contribution in [-0.2, 0) is 9.59 Å². The van der Waals surface area contributed by atoms with E-state index in [1.54, 1.807) is 24.5 Å². The molecule has 3 N–H and O–H groups in total. The van der Waals surface area contributed by atoms with Gasteiger partial charge in [0.1, 0.15) is 5.52 Å². The van der Waals surface area contributed by atoms with Crippen LogP contribution in [0.15, 0.2) is 24.5 Å². The Morgan fingerprint density at radius 2 is 2.04 bits per heavy atom. The largest absolute Gasteiger partial charge is 0.358 e. The summed E-state index contributed by atoms with van der Waals surface area (Å²) in [6.45, 7) is 0.231. The van der Waals surface area contributed by atoms with Crippen LogP contribution in [0.2, 0.25) is 0 Å². The molecule has 2 amide bonds. The summed E-state index contributed by atoms with van der Waals surface area (Å²) in [6, 6.07) is 3.56. The van der Waals surface area contributed by atoms with Crippen molar-refractivity contribution in [2.75, 3.05) is 11.9 Å². The Balaban J connectivity index is 1.51. The summed E-state index contributed by atoms with van der Waals surface area (Å²) in [5, 5.41) is 5.01. The third-order valence-corrected chi connectivity index (χ3v) is 4.28. The van der Waals surface area contributed by atoms with Crippen LogP contribution in [0.1, 0.15) is 25.7 Å². The average Bonchev–Trinajstić information content (AvgIpc) is 2.97. The number of halogens is 2. The van der Waals surface area contributed by atoms with E-state index in [1.165, 1.54) is 0 Å². The lowest BCUT2D eigenvalue weighted by Crippen LogP contribution is -2.39. The predicted octanol–water partition coefficient (Wildman–Crippen LogP) is 2.44. The van der Waals surface area contributed by atoms with E-state index in [0.29, 0.717) is 24.0 Å². The van der Waals surface area contributed by atoms with Gasteiger partial charge in [-0.2, -0.15) is 0 Å². The minimum absolute atomic E-state index is 0.0175. The minimum atomic E-state index is -2.60. The van der Waals surface area contributed by atoms with Crippen molar-refractivity contribution in [2.45, 2.75) is 31.6 Å². The molecule has 2 aromatic heterocycles. The number of fused-ring (bicyclic) bond motifs is 1. The molecule has 0 saturated heterocycles. The van der Waals surface area contributed by atoms with E-state index in [0.717, 1.165) is 5.52 Å². The number of anilines is 1. The van der Waals surface area contributed by atoms with Crippen LogP contribution < -0.4 is 10.6 Å². The molecule has 0 radical (unpaired) electrons. The van der Waals surface area contributed by atoms with Gasteiger partial charge in [0, 0.05) is 31.8 Å². The second-order valence-electron chi connectivity index (χ2n) is 6.07. The molecule has 1 aliphatic rings. The molecule has 2 aromatic rings. The van der Waals surface area contributed by atoms with Crippen LogP contribution in [0.4, 0.5) is 14.5 Å². The Bertz CT molecular complexity index is 749. The lowest BCUT2D eigenvalue weighted by atomic mass is 9.87. The van der Waals surface area contributed by atoms with Crippen molar-refractivity contribution in [3.05, 3.63) is 24.5 Å². The molecule has 0 aliphatic heterocycles. The lowest BCUT2D eigenvalue weighted by molar-refractivity contribution is -0.136. The number of aromatic nitrogens is 2. The van der Waals surface area contributed by atoms with Crippen LogP contribution in [0.25, 0.3) is 11.0 Å². The molecule has 0 bridgehead atoms. The first-order valence-electron chi connectivity index (χ1n) is 7.84. The lowest BCUT2D eigenvalue weighted by Gasteiger charge is -2.28. The van der Waals surface area contributed by atoms with Crippen molar-refractivity contribution in [1.82, 2.24) is 15.3 Å². The number of pyridine rings is 1. The highest BCUT2D eigenvalue weighted by atomic mass is 19.3. The summed E-state index contributed by atoms with van der Waals surface area (Å²) >= 11 is 0. The van der Waals surface area contributed by atoms with Crippen molar-refractivity contribution >= 4 is 28.5 Å². The second kappa shape index (κ2) is 6.54. The average molecular weight is 336 g/mol. The fourth-order valence-electron chi connectivity index (χ4n) is 2.85. The molecule has 2 heterocycles. The topological polar surface area (TPSA) is 86.9 Å². The predicted molar refractivity (Wildman–Crippen MR) is 84.6 cm³/mol. The van der Waals surface area contributed by atoms with Gasteiger partial charge >= 0.3 is 11.8 Å². The Labute approximate surface area is 137 Å². The zero-order valence-corrected chi connectivity index (χ0v) is 12.9. The van der Waals surface area contributed by atoms with Gasteiger partial charge in [0.2, 0.25) is 5.92 Å². The zero-order chi connectivity index (χ0) is 17.2. The van der Waals surface area contributed by atoms with Gasteiger partial charge in [-0.1, -0.05) is 0 Å². The van der Waals surface area contributed by atoms with Gasteiger partial charge in [-0.15, -0.1) is 0 Å². The number of nitrogens with zero attached hydrogens (tertiary/aromatic N) is 1. The van der Waals surface area contributed by atoms with Gasteiger partial charge in [-0.25, -0.2) is 8.78 Å². The molecule has 1 aliphatic carbocycles. The Morgan fingerprint density at radius 3 is 2.79 bits per heavy atom. The van der Waals surface area contributed by atoms with Gasteiger partial charge in [0.25, 0.3) is 0 Å². The molecule has 0 aromatic carbocycles. The van der Waals surface area contributed by atoms with Crippen LogP contribution in [0.3, 0.4) is 0 Å². The summed E-state index contributed by atoms with van der Waals surface area (Å²) in [7, 11) is 0. The van der Waals surface area contributed by atoms with Crippen LogP contribution >= 0.6 is 0 Å². The normalized spacial score (nSPS) is 17.6. The van der Waals surface area contributed by atoms with E-state index in [4.69, 9.17) is 0 Å². The molecule has 1 saturated carbocycles. The monoisotopic (exact) mass is 336 g/mol. The number of hydrogen-bond acceptors (Lipinski definition) is 3. The molecular weight excluding hydrogens is 318 g/mol. The van der Waals surface area contributed by atoms with Crippen LogP contribution in [0.5, 0.6) is 0 Å². The number of aromatic amines is 1. The van der Waals surface area contributed by atoms with Gasteiger partial charge < -0.3 is 15.6 Å². The third kappa shape index (κ3) is 3.69. The maximum atomic E-state index is 13.1. The maximum absolute atomic E-state index is 13.1. The zero-order valence-electron chi connectivity index (χ0n) is 12.9. The molecule has 0 unspecified atom stereocenters. The SMILES string of the molecule is O=C(NCC1CCC(F)(F)CC1)C(=O)Nc1c[nH]c2cccnc12. The van der Waals surface area contributed by atoms with Crippen LogP contribution in [0, 0.1) is 5.92 Å². The number of rotatable bonds is 3. The molecule has 24 heavy (non-hydrogen) atoms. The first kappa shape index (κ1) is 16.4. The molecule has 6 nitrogen and oxygen atoms in total. The molecule has 0 spiro atoms. The van der Waals surface area contributed by atoms with Crippen molar-refractivity contribution in [2.24, 2.45) is 5.92 Å². The van der Waals surface area contributed by atoms with Crippen LogP contribution in [-0.4, -0.2) is 34.2 Å². The third-order valence-electron chi connectivity index (χ3n) is 4.28. The molecule has 1 fully saturated rings. The maximum Gasteiger partial charge on any atom is 0.313 e. The quantitative estimate of drug-likeness (QED) is 0.753. The molecule has 0 atom stereocenters. The van der Waals surface area contributed by atoms with E-state index in [2.05, 4.69) is 20.6 Å². The first-order valence-corrected chi connectivity index (χ1v) is 7.84. The van der Waals surface area contributed by atoms with E-state index in [9.17, 15) is 18.4 Å². The highest BCUT2D eigenvalue weighted by Gasteiger charge is 2.35. The molecular formula is C16H18F2N4O2. The molecule has 3 rings (SSSR count).